The third kappa shape index (κ3) is 2.56. The molecule has 0 aromatic heterocycles. The highest BCUT2D eigenvalue weighted by Crippen LogP contribution is 2.19. The second-order valence-corrected chi connectivity index (χ2v) is 4.79. The van der Waals surface area contributed by atoms with E-state index >= 15 is 0 Å². The molecule has 0 amide bonds. The van der Waals surface area contributed by atoms with Crippen molar-refractivity contribution in [3.05, 3.63) is 24.3 Å². The average Bonchev–Trinajstić information content (AvgIpc) is 2.03. The Morgan fingerprint density at radius 2 is 1.92 bits per heavy atom. The summed E-state index contributed by atoms with van der Waals surface area (Å²) in [6, 6.07) is 4.92. The molecule has 0 saturated carbocycles. The Labute approximate surface area is 79.1 Å². The molecule has 0 atom stereocenters. The van der Waals surface area contributed by atoms with Crippen LogP contribution in [0, 0.1) is 0 Å². The maximum atomic E-state index is 10.8. The van der Waals surface area contributed by atoms with Crippen LogP contribution in [-0.2, 0) is 9.05 Å². The van der Waals surface area contributed by atoms with Crippen LogP contribution in [0.4, 0.5) is 5.69 Å². The van der Waals surface area contributed by atoms with Gasteiger partial charge >= 0.3 is 0 Å². The van der Waals surface area contributed by atoms with Gasteiger partial charge in [0.25, 0.3) is 9.05 Å². The molecule has 1 rings (SSSR count). The van der Waals surface area contributed by atoms with E-state index in [0.29, 0.717) is 0 Å². The van der Waals surface area contributed by atoms with Gasteiger partial charge in [0.2, 0.25) is 0 Å². The van der Waals surface area contributed by atoms with Gasteiger partial charge < -0.3 is 0 Å². The van der Waals surface area contributed by atoms with Gasteiger partial charge in [0, 0.05) is 10.7 Å². The highest BCUT2D eigenvalue weighted by molar-refractivity contribution is 8.13. The number of halogens is 1. The van der Waals surface area contributed by atoms with Gasteiger partial charge in [0.1, 0.15) is 0 Å². The van der Waals surface area contributed by atoms with Crippen LogP contribution in [0.15, 0.2) is 29.2 Å². The first-order valence-electron chi connectivity index (χ1n) is 3.14. The Hall–Kier alpha value is -0.820. The van der Waals surface area contributed by atoms with E-state index in [1.165, 1.54) is 18.2 Å². The van der Waals surface area contributed by atoms with Crippen molar-refractivity contribution < 1.29 is 18.8 Å². The zero-order chi connectivity index (χ0) is 10.1. The van der Waals surface area contributed by atoms with Gasteiger partial charge in [-0.05, 0) is 18.2 Å². The third-order valence-electron chi connectivity index (χ3n) is 1.33. The van der Waals surface area contributed by atoms with Crippen molar-refractivity contribution in [1.82, 2.24) is 0 Å². The first-order chi connectivity index (χ1) is 5.91. The van der Waals surface area contributed by atoms with Crippen molar-refractivity contribution in [2.45, 2.75) is 4.90 Å². The normalized spacial score (nSPS) is 11.3. The molecular formula is C6H6ClNO4S. The third-order valence-corrected chi connectivity index (χ3v) is 2.68. The van der Waals surface area contributed by atoms with Crippen molar-refractivity contribution >= 4 is 25.4 Å². The Kier molecular flexibility index (Phi) is 2.77. The Bertz CT molecular complexity index is 403. The molecule has 0 aliphatic heterocycles. The molecule has 2 N–H and O–H groups in total. The summed E-state index contributed by atoms with van der Waals surface area (Å²) in [5.41, 5.74) is -0.0817. The van der Waals surface area contributed by atoms with Gasteiger partial charge in [0.15, 0.2) is 0 Å². The summed E-state index contributed by atoms with van der Waals surface area (Å²) in [5.74, 6) is 0. The molecule has 1 aromatic rings. The molecule has 0 heterocycles. The number of benzene rings is 1. The van der Waals surface area contributed by atoms with Crippen LogP contribution in [0.3, 0.4) is 0 Å². The minimum Gasteiger partial charge on any atom is -0.264 e. The number of hydrogen-bond donors (Lipinski definition) is 2. The molecule has 5 nitrogen and oxygen atoms in total. The molecule has 0 aliphatic carbocycles. The second-order valence-electron chi connectivity index (χ2n) is 2.22. The zero-order valence-corrected chi connectivity index (χ0v) is 7.83. The topological polar surface area (TPSA) is 77.8 Å². The van der Waals surface area contributed by atoms with Crippen LogP contribution in [-0.4, -0.2) is 18.8 Å². The lowest BCUT2D eigenvalue weighted by Crippen LogP contribution is -2.11. The van der Waals surface area contributed by atoms with Crippen LogP contribution in [0.1, 0.15) is 0 Å². The van der Waals surface area contributed by atoms with Crippen LogP contribution in [0.5, 0.6) is 0 Å². The van der Waals surface area contributed by atoms with Crippen molar-refractivity contribution in [3.63, 3.8) is 0 Å². The molecule has 7 heteroatoms. The Balaban J connectivity index is 3.21. The minimum absolute atomic E-state index is 0.0817. The summed E-state index contributed by atoms with van der Waals surface area (Å²) in [5, 5.41) is 16.9. The number of nitrogens with zero attached hydrogens (tertiary/aromatic N) is 1. The molecule has 0 aliphatic rings. The Morgan fingerprint density at radius 3 is 2.38 bits per heavy atom. The van der Waals surface area contributed by atoms with E-state index < -0.39 is 9.05 Å². The van der Waals surface area contributed by atoms with Gasteiger partial charge in [-0.2, -0.15) is 0 Å². The summed E-state index contributed by atoms with van der Waals surface area (Å²) in [4.78, 5) is -0.195. The summed E-state index contributed by atoms with van der Waals surface area (Å²) < 4.78 is 21.6. The SMILES string of the molecule is O=S(=O)(Cl)c1cccc(N(O)O)c1. The smallest absolute Gasteiger partial charge is 0.261 e. The second kappa shape index (κ2) is 3.51. The summed E-state index contributed by atoms with van der Waals surface area (Å²) in [6.07, 6.45) is 0. The van der Waals surface area contributed by atoms with Crippen molar-refractivity contribution in [2.75, 3.05) is 5.23 Å². The fourth-order valence-corrected chi connectivity index (χ4v) is 1.55. The lowest BCUT2D eigenvalue weighted by molar-refractivity contribution is 0.0290. The standard InChI is InChI=1S/C6H6ClNO4S/c7-13(11,12)6-3-1-2-5(4-6)8(9)10/h1-4,9-10H. The van der Waals surface area contributed by atoms with Gasteiger partial charge in [-0.3, -0.25) is 10.4 Å². The first-order valence-corrected chi connectivity index (χ1v) is 5.45. The molecule has 0 saturated heterocycles. The van der Waals surface area contributed by atoms with E-state index in [1.54, 1.807) is 0 Å². The van der Waals surface area contributed by atoms with Crippen molar-refractivity contribution in [3.8, 4) is 0 Å². The largest absolute Gasteiger partial charge is 0.264 e. The van der Waals surface area contributed by atoms with Gasteiger partial charge in [-0.25, -0.2) is 8.42 Å². The highest BCUT2D eigenvalue weighted by Gasteiger charge is 2.11. The molecule has 0 fully saturated rings. The monoisotopic (exact) mass is 223 g/mol. The maximum absolute atomic E-state index is 10.8. The van der Waals surface area contributed by atoms with Crippen LogP contribution < -0.4 is 5.23 Å². The van der Waals surface area contributed by atoms with Gasteiger partial charge in [-0.1, -0.05) is 6.07 Å². The van der Waals surface area contributed by atoms with E-state index in [9.17, 15) is 8.42 Å². The van der Waals surface area contributed by atoms with Gasteiger partial charge in [0.05, 0.1) is 10.6 Å². The van der Waals surface area contributed by atoms with Gasteiger partial charge in [-0.15, -0.1) is 5.23 Å². The van der Waals surface area contributed by atoms with E-state index in [-0.39, 0.29) is 15.8 Å². The minimum atomic E-state index is -3.84. The number of rotatable bonds is 2. The molecule has 13 heavy (non-hydrogen) atoms. The zero-order valence-electron chi connectivity index (χ0n) is 6.25. The van der Waals surface area contributed by atoms with Crippen LogP contribution >= 0.6 is 10.7 Å². The number of anilines is 1. The molecule has 0 bridgehead atoms. The molecule has 0 spiro atoms. The maximum Gasteiger partial charge on any atom is 0.261 e. The molecule has 0 unspecified atom stereocenters. The predicted octanol–water partition coefficient (Wildman–Crippen LogP) is 1.20. The summed E-state index contributed by atoms with van der Waals surface area (Å²) in [7, 11) is 1.19. The fraction of sp³-hybridized carbons (Fsp3) is 0. The van der Waals surface area contributed by atoms with E-state index in [0.717, 1.165) is 6.07 Å². The lowest BCUT2D eigenvalue weighted by Gasteiger charge is -2.07. The molecular weight excluding hydrogens is 218 g/mol. The molecule has 0 radical (unpaired) electrons. The van der Waals surface area contributed by atoms with E-state index in [4.69, 9.17) is 21.1 Å². The van der Waals surface area contributed by atoms with E-state index in [2.05, 4.69) is 0 Å². The van der Waals surface area contributed by atoms with Crippen molar-refractivity contribution in [2.24, 2.45) is 0 Å². The predicted molar refractivity (Wildman–Crippen MR) is 45.5 cm³/mol. The molecule has 72 valence electrons. The summed E-state index contributed by atoms with van der Waals surface area (Å²) >= 11 is 0. The van der Waals surface area contributed by atoms with Crippen LogP contribution in [0.2, 0.25) is 0 Å². The lowest BCUT2D eigenvalue weighted by atomic mass is 10.3. The summed E-state index contributed by atoms with van der Waals surface area (Å²) in [6.45, 7) is 0. The van der Waals surface area contributed by atoms with Crippen LogP contribution in [0.25, 0.3) is 0 Å². The molecule has 1 aromatic carbocycles. The fourth-order valence-electron chi connectivity index (χ4n) is 0.760. The van der Waals surface area contributed by atoms with E-state index in [1.807, 2.05) is 0 Å². The first kappa shape index (κ1) is 10.3. The highest BCUT2D eigenvalue weighted by atomic mass is 35.7. The average molecular weight is 224 g/mol. The quantitative estimate of drug-likeness (QED) is 0.582. The Morgan fingerprint density at radius 1 is 1.31 bits per heavy atom. The van der Waals surface area contributed by atoms with Crippen molar-refractivity contribution in [1.29, 1.82) is 0 Å². The number of hydrogen-bond acceptors (Lipinski definition) is 5.